The van der Waals surface area contributed by atoms with Gasteiger partial charge < -0.3 is 10.1 Å². The van der Waals surface area contributed by atoms with Crippen molar-refractivity contribution in [3.8, 4) is 5.69 Å². The van der Waals surface area contributed by atoms with Gasteiger partial charge in [-0.3, -0.25) is 4.79 Å². The lowest BCUT2D eigenvalue weighted by atomic mass is 9.88. The van der Waals surface area contributed by atoms with Crippen LogP contribution in [0, 0.1) is 12.8 Å². The minimum absolute atomic E-state index is 0.105. The number of carbonyl (C=O) groups excluding carboxylic acids is 1. The van der Waals surface area contributed by atoms with Crippen LogP contribution in [-0.2, 0) is 4.74 Å². The molecule has 1 saturated carbocycles. The molecule has 1 aromatic heterocycles. The molecule has 140 valence electrons. The second-order valence-corrected chi connectivity index (χ2v) is 7.87. The highest BCUT2D eigenvalue weighted by atomic mass is 79.9. The monoisotopic (exact) mass is 419 g/mol. The zero-order valence-corrected chi connectivity index (χ0v) is 17.0. The van der Waals surface area contributed by atoms with Crippen molar-refractivity contribution < 1.29 is 9.53 Å². The van der Waals surface area contributed by atoms with Gasteiger partial charge in [-0.1, -0.05) is 35.7 Å². The maximum Gasteiger partial charge on any atom is 0.254 e. The van der Waals surface area contributed by atoms with Crippen LogP contribution in [0.2, 0.25) is 0 Å². The van der Waals surface area contributed by atoms with Gasteiger partial charge >= 0.3 is 0 Å². The molecule has 2 atom stereocenters. The quantitative estimate of drug-likeness (QED) is 0.711. The SMILES string of the molecule is Cc1c(C(=O)NCCOC2CCCCC2C)cnn1-c1ccc(Br)cc1. The lowest BCUT2D eigenvalue weighted by Gasteiger charge is -2.28. The summed E-state index contributed by atoms with van der Waals surface area (Å²) in [5.41, 5.74) is 2.35. The molecule has 0 saturated heterocycles. The van der Waals surface area contributed by atoms with Crippen LogP contribution in [0.4, 0.5) is 0 Å². The van der Waals surface area contributed by atoms with Crippen LogP contribution in [0.3, 0.4) is 0 Å². The minimum Gasteiger partial charge on any atom is -0.376 e. The summed E-state index contributed by atoms with van der Waals surface area (Å²) < 4.78 is 8.75. The van der Waals surface area contributed by atoms with E-state index in [1.54, 1.807) is 10.9 Å². The molecule has 1 aliphatic carbocycles. The van der Waals surface area contributed by atoms with Gasteiger partial charge in [-0.15, -0.1) is 0 Å². The molecule has 1 aromatic carbocycles. The summed E-state index contributed by atoms with van der Waals surface area (Å²) in [7, 11) is 0. The molecule has 2 aromatic rings. The third kappa shape index (κ3) is 4.54. The number of carbonyl (C=O) groups is 1. The fraction of sp³-hybridized carbons (Fsp3) is 0.500. The highest BCUT2D eigenvalue weighted by molar-refractivity contribution is 9.10. The van der Waals surface area contributed by atoms with Crippen LogP contribution >= 0.6 is 15.9 Å². The minimum atomic E-state index is -0.105. The maximum absolute atomic E-state index is 12.5. The zero-order chi connectivity index (χ0) is 18.5. The van der Waals surface area contributed by atoms with Gasteiger partial charge in [0.2, 0.25) is 0 Å². The van der Waals surface area contributed by atoms with E-state index in [9.17, 15) is 4.79 Å². The number of nitrogens with one attached hydrogen (secondary N) is 1. The van der Waals surface area contributed by atoms with Crippen LogP contribution in [0.1, 0.15) is 48.7 Å². The van der Waals surface area contributed by atoms with E-state index in [4.69, 9.17) is 4.74 Å². The number of ether oxygens (including phenoxy) is 1. The zero-order valence-electron chi connectivity index (χ0n) is 15.4. The van der Waals surface area contributed by atoms with Gasteiger partial charge in [-0.2, -0.15) is 5.10 Å². The predicted molar refractivity (Wildman–Crippen MR) is 106 cm³/mol. The van der Waals surface area contributed by atoms with E-state index in [0.29, 0.717) is 30.7 Å². The molecular formula is C20H26BrN3O2. The lowest BCUT2D eigenvalue weighted by Crippen LogP contribution is -2.32. The topological polar surface area (TPSA) is 56.1 Å². The van der Waals surface area contributed by atoms with Crippen molar-refractivity contribution in [3.05, 3.63) is 46.2 Å². The molecule has 2 unspecified atom stereocenters. The Hall–Kier alpha value is -1.66. The van der Waals surface area contributed by atoms with E-state index in [-0.39, 0.29) is 5.91 Å². The highest BCUT2D eigenvalue weighted by Gasteiger charge is 2.21. The van der Waals surface area contributed by atoms with Gasteiger partial charge in [0.15, 0.2) is 0 Å². The second kappa shape index (κ2) is 8.82. The maximum atomic E-state index is 12.5. The largest absolute Gasteiger partial charge is 0.376 e. The van der Waals surface area contributed by atoms with Crippen LogP contribution in [0.15, 0.2) is 34.9 Å². The number of nitrogens with zero attached hydrogens (tertiary/aromatic N) is 2. The van der Waals surface area contributed by atoms with Crippen LogP contribution in [0.5, 0.6) is 0 Å². The van der Waals surface area contributed by atoms with E-state index in [2.05, 4.69) is 33.3 Å². The van der Waals surface area contributed by atoms with Gasteiger partial charge in [0.25, 0.3) is 5.91 Å². The van der Waals surface area contributed by atoms with Crippen molar-refractivity contribution in [3.63, 3.8) is 0 Å². The van der Waals surface area contributed by atoms with Crippen molar-refractivity contribution in [2.24, 2.45) is 5.92 Å². The van der Waals surface area contributed by atoms with Crippen molar-refractivity contribution in [1.29, 1.82) is 0 Å². The Morgan fingerprint density at radius 2 is 2.04 bits per heavy atom. The molecule has 1 aliphatic rings. The summed E-state index contributed by atoms with van der Waals surface area (Å²) in [6.45, 7) is 5.23. The van der Waals surface area contributed by atoms with Gasteiger partial charge in [-0.25, -0.2) is 4.68 Å². The molecule has 1 heterocycles. The molecule has 1 N–H and O–H groups in total. The number of hydrogen-bond acceptors (Lipinski definition) is 3. The van der Waals surface area contributed by atoms with Crippen molar-refractivity contribution in [2.75, 3.05) is 13.2 Å². The number of rotatable bonds is 6. The van der Waals surface area contributed by atoms with E-state index >= 15 is 0 Å². The second-order valence-electron chi connectivity index (χ2n) is 6.96. The van der Waals surface area contributed by atoms with E-state index in [1.165, 1.54) is 19.3 Å². The first-order chi connectivity index (χ1) is 12.6. The van der Waals surface area contributed by atoms with Crippen LogP contribution in [0.25, 0.3) is 5.69 Å². The average Bonchev–Trinajstić information content (AvgIpc) is 3.02. The van der Waals surface area contributed by atoms with Crippen LogP contribution < -0.4 is 5.32 Å². The van der Waals surface area contributed by atoms with Crippen LogP contribution in [-0.4, -0.2) is 34.9 Å². The van der Waals surface area contributed by atoms with Gasteiger partial charge in [0.05, 0.1) is 35.9 Å². The average molecular weight is 420 g/mol. The number of amides is 1. The molecule has 26 heavy (non-hydrogen) atoms. The Kier molecular flexibility index (Phi) is 6.48. The van der Waals surface area contributed by atoms with Crippen molar-refractivity contribution >= 4 is 21.8 Å². The van der Waals surface area contributed by atoms with E-state index < -0.39 is 0 Å². The summed E-state index contributed by atoms with van der Waals surface area (Å²) >= 11 is 3.43. The first-order valence-corrected chi connectivity index (χ1v) is 10.1. The van der Waals surface area contributed by atoms with Gasteiger partial charge in [0, 0.05) is 11.0 Å². The Balaban J connectivity index is 1.53. The number of halogens is 1. The summed E-state index contributed by atoms with van der Waals surface area (Å²) in [4.78, 5) is 12.5. The Morgan fingerprint density at radius 1 is 1.31 bits per heavy atom. The normalized spacial score (nSPS) is 20.1. The fourth-order valence-electron chi connectivity index (χ4n) is 3.48. The fourth-order valence-corrected chi connectivity index (χ4v) is 3.74. The van der Waals surface area contributed by atoms with Gasteiger partial charge in [0.1, 0.15) is 0 Å². The van der Waals surface area contributed by atoms with Crippen molar-refractivity contribution in [2.45, 2.75) is 45.6 Å². The predicted octanol–water partition coefficient (Wildman–Crippen LogP) is 4.27. The third-order valence-corrected chi connectivity index (χ3v) is 5.61. The molecule has 0 aliphatic heterocycles. The molecule has 6 heteroatoms. The third-order valence-electron chi connectivity index (χ3n) is 5.08. The van der Waals surface area contributed by atoms with Crippen molar-refractivity contribution in [1.82, 2.24) is 15.1 Å². The summed E-state index contributed by atoms with van der Waals surface area (Å²) in [6.07, 6.45) is 6.88. The van der Waals surface area contributed by atoms with Gasteiger partial charge in [-0.05, 0) is 49.9 Å². The number of aromatic nitrogens is 2. The summed E-state index contributed by atoms with van der Waals surface area (Å²) in [6, 6.07) is 7.84. The lowest BCUT2D eigenvalue weighted by molar-refractivity contribution is -0.00294. The molecular weight excluding hydrogens is 394 g/mol. The number of hydrogen-bond donors (Lipinski definition) is 1. The van der Waals surface area contributed by atoms with E-state index in [1.807, 2.05) is 31.2 Å². The highest BCUT2D eigenvalue weighted by Crippen LogP contribution is 2.26. The molecule has 5 nitrogen and oxygen atoms in total. The smallest absolute Gasteiger partial charge is 0.254 e. The first-order valence-electron chi connectivity index (χ1n) is 9.26. The molecule has 1 amide bonds. The first kappa shape index (κ1) is 19.1. The molecule has 3 rings (SSSR count). The number of benzene rings is 1. The standard InChI is InChI=1S/C20H26BrN3O2/c1-14-5-3-4-6-19(14)26-12-11-22-20(25)18-13-23-24(15(18)2)17-9-7-16(21)8-10-17/h7-10,13-14,19H,3-6,11-12H2,1-2H3,(H,22,25). The summed E-state index contributed by atoms with van der Waals surface area (Å²) in [5.74, 6) is 0.511. The Morgan fingerprint density at radius 3 is 2.77 bits per heavy atom. The summed E-state index contributed by atoms with van der Waals surface area (Å²) in [5, 5.41) is 7.30. The molecule has 0 spiro atoms. The Labute approximate surface area is 163 Å². The molecule has 1 fully saturated rings. The van der Waals surface area contributed by atoms with E-state index in [0.717, 1.165) is 22.3 Å². The molecule has 0 radical (unpaired) electrons. The molecule has 0 bridgehead atoms. The Bertz CT molecular complexity index is 742.